The van der Waals surface area contributed by atoms with Gasteiger partial charge in [-0.2, -0.15) is 12.6 Å². The summed E-state index contributed by atoms with van der Waals surface area (Å²) in [6.45, 7) is 2.99. The molecule has 0 rings (SSSR count). The van der Waals surface area contributed by atoms with E-state index in [9.17, 15) is 9.59 Å². The predicted molar refractivity (Wildman–Crippen MR) is 68.6 cm³/mol. The molecule has 16 heavy (non-hydrogen) atoms. The number of carbonyl (C=O) groups is 2. The van der Waals surface area contributed by atoms with Crippen LogP contribution < -0.4 is 5.32 Å². The average molecular weight is 247 g/mol. The predicted octanol–water partition coefficient (Wildman–Crippen LogP) is 0.334. The molecule has 1 atom stereocenters. The molecule has 0 spiro atoms. The molecule has 0 saturated carbocycles. The van der Waals surface area contributed by atoms with E-state index in [0.717, 1.165) is 11.0 Å². The summed E-state index contributed by atoms with van der Waals surface area (Å²) in [6.07, 6.45) is 0.277. The standard InChI is InChI=1S/C11H22N2O2S/c1-9(14)7-10(8-16)11(15)12-5-6-13(2,3)4/h10H,5-8H2,1-4H3,(H-,12,15,16)/p+1/t10-/m0/s1. The number of quaternary nitrogens is 1. The normalized spacial score (nSPS) is 13.3. The summed E-state index contributed by atoms with van der Waals surface area (Å²) in [5, 5.41) is 2.84. The fourth-order valence-corrected chi connectivity index (χ4v) is 1.54. The van der Waals surface area contributed by atoms with Gasteiger partial charge in [0.25, 0.3) is 0 Å². The van der Waals surface area contributed by atoms with Gasteiger partial charge in [-0.25, -0.2) is 0 Å². The summed E-state index contributed by atoms with van der Waals surface area (Å²) < 4.78 is 0.804. The Hall–Kier alpha value is -0.550. The van der Waals surface area contributed by atoms with Crippen LogP contribution in [0.5, 0.6) is 0 Å². The van der Waals surface area contributed by atoms with Crippen LogP contribution in [0.4, 0.5) is 0 Å². The second-order valence-electron chi connectivity index (χ2n) is 5.09. The van der Waals surface area contributed by atoms with Crippen molar-refractivity contribution in [1.29, 1.82) is 0 Å². The fraction of sp³-hybridized carbons (Fsp3) is 0.818. The van der Waals surface area contributed by atoms with Crippen LogP contribution in [0.1, 0.15) is 13.3 Å². The lowest BCUT2D eigenvalue weighted by Crippen LogP contribution is -2.43. The van der Waals surface area contributed by atoms with Gasteiger partial charge in [0, 0.05) is 12.2 Å². The zero-order valence-corrected chi connectivity index (χ0v) is 11.5. The highest BCUT2D eigenvalue weighted by atomic mass is 32.1. The summed E-state index contributed by atoms with van der Waals surface area (Å²) in [5.41, 5.74) is 0. The van der Waals surface area contributed by atoms with Gasteiger partial charge in [-0.15, -0.1) is 0 Å². The first-order chi connectivity index (χ1) is 7.26. The Bertz CT molecular complexity index is 249. The largest absolute Gasteiger partial charge is 0.350 e. The quantitative estimate of drug-likeness (QED) is 0.503. The third kappa shape index (κ3) is 7.70. The molecule has 1 amide bonds. The molecule has 0 bridgehead atoms. The van der Waals surface area contributed by atoms with E-state index >= 15 is 0 Å². The maximum atomic E-state index is 11.7. The van der Waals surface area contributed by atoms with Gasteiger partial charge in [0.1, 0.15) is 5.78 Å². The van der Waals surface area contributed by atoms with E-state index in [4.69, 9.17) is 0 Å². The van der Waals surface area contributed by atoms with E-state index in [1.807, 2.05) is 0 Å². The summed E-state index contributed by atoms with van der Waals surface area (Å²) in [7, 11) is 6.20. The van der Waals surface area contributed by atoms with Gasteiger partial charge < -0.3 is 14.6 Å². The molecule has 0 aliphatic heterocycles. The maximum absolute atomic E-state index is 11.7. The Balaban J connectivity index is 3.98. The lowest BCUT2D eigenvalue weighted by Gasteiger charge is -2.24. The Kier molecular flexibility index (Phi) is 6.67. The molecule has 0 heterocycles. The number of nitrogens with one attached hydrogen (secondary N) is 1. The smallest absolute Gasteiger partial charge is 0.224 e. The highest BCUT2D eigenvalue weighted by Gasteiger charge is 2.19. The van der Waals surface area contributed by atoms with Crippen molar-refractivity contribution in [2.45, 2.75) is 13.3 Å². The third-order valence-corrected chi connectivity index (χ3v) is 2.65. The Labute approximate surface area is 103 Å². The van der Waals surface area contributed by atoms with E-state index in [-0.39, 0.29) is 24.0 Å². The molecule has 0 aromatic rings. The van der Waals surface area contributed by atoms with Crippen LogP contribution >= 0.6 is 12.6 Å². The Morgan fingerprint density at radius 2 is 1.88 bits per heavy atom. The second kappa shape index (κ2) is 6.91. The average Bonchev–Trinajstić information content (AvgIpc) is 2.11. The SMILES string of the molecule is CC(=O)C[C@@H](CS)C(=O)NCC[N+](C)(C)C. The molecule has 5 heteroatoms. The van der Waals surface area contributed by atoms with E-state index in [1.54, 1.807) is 0 Å². The number of amides is 1. The number of hydrogen-bond donors (Lipinski definition) is 2. The zero-order valence-electron chi connectivity index (χ0n) is 10.6. The number of carbonyl (C=O) groups excluding carboxylic acids is 2. The minimum absolute atomic E-state index is 0.0285. The Morgan fingerprint density at radius 1 is 1.31 bits per heavy atom. The minimum atomic E-state index is -0.298. The molecule has 0 radical (unpaired) electrons. The van der Waals surface area contributed by atoms with Crippen LogP contribution in [-0.4, -0.2) is 56.2 Å². The van der Waals surface area contributed by atoms with E-state index in [0.29, 0.717) is 12.3 Å². The van der Waals surface area contributed by atoms with Crippen molar-refractivity contribution in [3.63, 3.8) is 0 Å². The molecular formula is C11H23N2O2S+. The van der Waals surface area contributed by atoms with Gasteiger partial charge in [0.2, 0.25) is 5.91 Å². The van der Waals surface area contributed by atoms with E-state index in [1.165, 1.54) is 6.92 Å². The molecule has 0 saturated heterocycles. The van der Waals surface area contributed by atoms with Gasteiger partial charge in [-0.1, -0.05) is 0 Å². The number of nitrogens with zero attached hydrogens (tertiary/aromatic N) is 1. The second-order valence-corrected chi connectivity index (χ2v) is 5.46. The van der Waals surface area contributed by atoms with Crippen LogP contribution in [0.3, 0.4) is 0 Å². The van der Waals surface area contributed by atoms with E-state index < -0.39 is 0 Å². The molecular weight excluding hydrogens is 224 g/mol. The molecule has 0 fully saturated rings. The van der Waals surface area contributed by atoms with E-state index in [2.05, 4.69) is 39.1 Å². The number of rotatable bonds is 7. The van der Waals surface area contributed by atoms with Crippen LogP contribution in [-0.2, 0) is 9.59 Å². The number of Topliss-reactive ketones (excluding diaryl/α,β-unsaturated/α-hetero) is 1. The highest BCUT2D eigenvalue weighted by Crippen LogP contribution is 2.06. The van der Waals surface area contributed by atoms with Crippen LogP contribution in [0.15, 0.2) is 0 Å². The van der Waals surface area contributed by atoms with Crippen molar-refractivity contribution in [2.24, 2.45) is 5.92 Å². The summed E-state index contributed by atoms with van der Waals surface area (Å²) in [5.74, 6) is 0.0724. The van der Waals surface area contributed by atoms with Crippen LogP contribution in [0.25, 0.3) is 0 Å². The minimum Gasteiger partial charge on any atom is -0.350 e. The number of hydrogen-bond acceptors (Lipinski definition) is 3. The van der Waals surface area contributed by atoms with Gasteiger partial charge in [0.05, 0.1) is 40.2 Å². The molecule has 0 unspecified atom stereocenters. The number of thiol groups is 1. The molecule has 0 aromatic heterocycles. The van der Waals surface area contributed by atoms with Crippen molar-refractivity contribution in [2.75, 3.05) is 40.0 Å². The monoisotopic (exact) mass is 247 g/mol. The zero-order chi connectivity index (χ0) is 12.8. The van der Waals surface area contributed by atoms with Crippen molar-refractivity contribution >= 4 is 24.3 Å². The van der Waals surface area contributed by atoms with Crippen molar-refractivity contribution < 1.29 is 14.1 Å². The third-order valence-electron chi connectivity index (χ3n) is 2.21. The first kappa shape index (κ1) is 15.4. The summed E-state index contributed by atoms with van der Waals surface area (Å²) in [6, 6.07) is 0. The van der Waals surface area contributed by atoms with Gasteiger partial charge in [-0.05, 0) is 6.92 Å². The molecule has 0 aliphatic rings. The lowest BCUT2D eigenvalue weighted by molar-refractivity contribution is -0.869. The first-order valence-corrected chi connectivity index (χ1v) is 6.08. The summed E-state index contributed by atoms with van der Waals surface area (Å²) in [4.78, 5) is 22.6. The van der Waals surface area contributed by atoms with Gasteiger partial charge in [-0.3, -0.25) is 4.79 Å². The van der Waals surface area contributed by atoms with Crippen molar-refractivity contribution in [3.05, 3.63) is 0 Å². The lowest BCUT2D eigenvalue weighted by atomic mass is 10.0. The topological polar surface area (TPSA) is 46.2 Å². The van der Waals surface area contributed by atoms with Crippen molar-refractivity contribution in [1.82, 2.24) is 5.32 Å². The molecule has 4 nitrogen and oxygen atoms in total. The number of likely N-dealkylation sites (N-methyl/N-ethyl adjacent to an activating group) is 1. The maximum Gasteiger partial charge on any atom is 0.224 e. The summed E-state index contributed by atoms with van der Waals surface area (Å²) >= 11 is 4.09. The molecule has 1 N–H and O–H groups in total. The van der Waals surface area contributed by atoms with Crippen LogP contribution in [0.2, 0.25) is 0 Å². The van der Waals surface area contributed by atoms with Gasteiger partial charge >= 0.3 is 0 Å². The first-order valence-electron chi connectivity index (χ1n) is 5.44. The van der Waals surface area contributed by atoms with Crippen LogP contribution in [0, 0.1) is 5.92 Å². The van der Waals surface area contributed by atoms with Gasteiger partial charge in [0.15, 0.2) is 0 Å². The Morgan fingerprint density at radius 3 is 2.25 bits per heavy atom. The number of ketones is 1. The molecule has 94 valence electrons. The highest BCUT2D eigenvalue weighted by molar-refractivity contribution is 7.80. The molecule has 0 aliphatic carbocycles. The van der Waals surface area contributed by atoms with Crippen molar-refractivity contribution in [3.8, 4) is 0 Å². The fourth-order valence-electron chi connectivity index (χ4n) is 1.25. The molecule has 0 aromatic carbocycles.